The van der Waals surface area contributed by atoms with E-state index in [9.17, 15) is 8.78 Å². The van der Waals surface area contributed by atoms with Crippen molar-refractivity contribution in [3.63, 3.8) is 0 Å². The molecule has 0 bridgehead atoms. The third kappa shape index (κ3) is 5.41. The molecule has 0 radical (unpaired) electrons. The van der Waals surface area contributed by atoms with Gasteiger partial charge in [-0.2, -0.15) is 8.78 Å². The first-order valence-corrected chi connectivity index (χ1v) is 8.25. The van der Waals surface area contributed by atoms with Crippen LogP contribution in [0.4, 0.5) is 8.78 Å². The number of nitrogens with zero attached hydrogens (tertiary/aromatic N) is 4. The number of nitrogens with one attached hydrogen (secondary N) is 2. The summed E-state index contributed by atoms with van der Waals surface area (Å²) in [5.41, 5.74) is 0. The molecule has 0 amide bonds. The van der Waals surface area contributed by atoms with Crippen molar-refractivity contribution >= 4 is 5.96 Å². The fraction of sp³-hybridized carbons (Fsp3) is 0.733. The Hall–Kier alpha value is -1.74. The van der Waals surface area contributed by atoms with Gasteiger partial charge in [-0.3, -0.25) is 9.47 Å². The minimum Gasteiger partial charge on any atom is -0.379 e. The zero-order valence-electron chi connectivity index (χ0n) is 14.2. The summed E-state index contributed by atoms with van der Waals surface area (Å²) in [7, 11) is 0. The molecule has 1 aliphatic heterocycles. The normalized spacial score (nSPS) is 18.0. The zero-order valence-corrected chi connectivity index (χ0v) is 14.2. The largest absolute Gasteiger partial charge is 0.379 e. The van der Waals surface area contributed by atoms with Crippen molar-refractivity contribution in [2.45, 2.75) is 33.0 Å². The second-order valence-electron chi connectivity index (χ2n) is 5.60. The van der Waals surface area contributed by atoms with Gasteiger partial charge < -0.3 is 15.4 Å². The van der Waals surface area contributed by atoms with Crippen molar-refractivity contribution in [1.29, 1.82) is 0 Å². The topological polar surface area (TPSA) is 66.7 Å². The molecule has 2 rings (SSSR count). The van der Waals surface area contributed by atoms with Crippen LogP contribution in [0.3, 0.4) is 0 Å². The molecule has 1 unspecified atom stereocenters. The van der Waals surface area contributed by atoms with Crippen molar-refractivity contribution in [2.24, 2.45) is 4.99 Å². The molecule has 7 nitrogen and oxygen atoms in total. The molecule has 2 N–H and O–H groups in total. The third-order valence-corrected chi connectivity index (χ3v) is 3.92. The highest BCUT2D eigenvalue weighted by atomic mass is 19.3. The highest BCUT2D eigenvalue weighted by Gasteiger charge is 2.17. The first kappa shape index (κ1) is 18.6. The molecule has 0 spiro atoms. The lowest BCUT2D eigenvalue weighted by molar-refractivity contribution is 0.0211. The van der Waals surface area contributed by atoms with E-state index < -0.39 is 6.55 Å². The lowest BCUT2D eigenvalue weighted by atomic mass is 10.2. The van der Waals surface area contributed by atoms with Crippen LogP contribution in [-0.2, 0) is 11.3 Å². The number of ether oxygens (including phenoxy) is 1. The number of aromatic nitrogens is 2. The van der Waals surface area contributed by atoms with Crippen LogP contribution in [0.15, 0.2) is 17.4 Å². The van der Waals surface area contributed by atoms with Crippen LogP contribution < -0.4 is 10.6 Å². The van der Waals surface area contributed by atoms with Crippen molar-refractivity contribution < 1.29 is 13.5 Å². The van der Waals surface area contributed by atoms with E-state index in [-0.39, 0.29) is 12.4 Å². The fourth-order valence-electron chi connectivity index (χ4n) is 2.53. The first-order chi connectivity index (χ1) is 11.6. The number of rotatable bonds is 7. The number of imidazole rings is 1. The van der Waals surface area contributed by atoms with E-state index in [1.54, 1.807) is 0 Å². The van der Waals surface area contributed by atoms with E-state index in [0.717, 1.165) is 37.4 Å². The Morgan fingerprint density at radius 1 is 1.38 bits per heavy atom. The molecule has 1 aromatic heterocycles. The average Bonchev–Trinajstić information content (AvgIpc) is 3.06. The van der Waals surface area contributed by atoms with Gasteiger partial charge in [0.1, 0.15) is 12.4 Å². The van der Waals surface area contributed by atoms with Crippen LogP contribution >= 0.6 is 0 Å². The van der Waals surface area contributed by atoms with E-state index in [1.807, 2.05) is 6.92 Å². The predicted octanol–water partition coefficient (Wildman–Crippen LogP) is 1.05. The Bertz CT molecular complexity index is 516. The molecule has 1 atom stereocenters. The van der Waals surface area contributed by atoms with Crippen molar-refractivity contribution in [3.8, 4) is 0 Å². The van der Waals surface area contributed by atoms with Gasteiger partial charge in [-0.05, 0) is 13.8 Å². The quantitative estimate of drug-likeness (QED) is 0.572. The zero-order chi connectivity index (χ0) is 17.4. The van der Waals surface area contributed by atoms with E-state index >= 15 is 0 Å². The second-order valence-corrected chi connectivity index (χ2v) is 5.60. The summed E-state index contributed by atoms with van der Waals surface area (Å²) in [5.74, 6) is 0.838. The minimum atomic E-state index is -2.60. The van der Waals surface area contributed by atoms with Crippen molar-refractivity contribution in [3.05, 3.63) is 18.2 Å². The van der Waals surface area contributed by atoms with Crippen LogP contribution in [0.5, 0.6) is 0 Å². The maximum absolute atomic E-state index is 12.8. The number of aliphatic imine (C=N–C) groups is 1. The maximum Gasteiger partial charge on any atom is 0.319 e. The SMILES string of the molecule is CCNC(=NCc1nccn1C(F)F)NCC(C)N1CCOCC1. The van der Waals surface area contributed by atoms with Gasteiger partial charge in [-0.15, -0.1) is 0 Å². The van der Waals surface area contributed by atoms with Crippen molar-refractivity contribution in [2.75, 3.05) is 39.4 Å². The highest BCUT2D eigenvalue weighted by Crippen LogP contribution is 2.12. The van der Waals surface area contributed by atoms with Gasteiger partial charge in [0.25, 0.3) is 0 Å². The lowest BCUT2D eigenvalue weighted by Crippen LogP contribution is -2.49. The molecule has 1 saturated heterocycles. The molecule has 0 aromatic carbocycles. The molecule has 2 heterocycles. The summed E-state index contributed by atoms with van der Waals surface area (Å²) in [6.07, 6.45) is 2.62. The molecule has 1 fully saturated rings. The summed E-state index contributed by atoms with van der Waals surface area (Å²) < 4.78 is 31.8. The number of hydrogen-bond donors (Lipinski definition) is 2. The van der Waals surface area contributed by atoms with Gasteiger partial charge in [-0.1, -0.05) is 0 Å². The summed E-state index contributed by atoms with van der Waals surface area (Å²) in [4.78, 5) is 10.6. The third-order valence-electron chi connectivity index (χ3n) is 3.92. The van der Waals surface area contributed by atoms with Gasteiger partial charge >= 0.3 is 6.55 Å². The molecule has 136 valence electrons. The smallest absolute Gasteiger partial charge is 0.319 e. The molecular formula is C15H26F2N6O. The van der Waals surface area contributed by atoms with Crippen LogP contribution in [0.1, 0.15) is 26.2 Å². The Morgan fingerprint density at radius 2 is 2.12 bits per heavy atom. The van der Waals surface area contributed by atoms with E-state index in [4.69, 9.17) is 4.74 Å². The van der Waals surface area contributed by atoms with E-state index in [1.165, 1.54) is 12.4 Å². The Balaban J connectivity index is 1.89. The molecule has 0 saturated carbocycles. The number of halogens is 2. The fourth-order valence-corrected chi connectivity index (χ4v) is 2.53. The molecule has 24 heavy (non-hydrogen) atoms. The van der Waals surface area contributed by atoms with Gasteiger partial charge in [0.2, 0.25) is 0 Å². The number of guanidine groups is 1. The number of morpholine rings is 1. The summed E-state index contributed by atoms with van der Waals surface area (Å²) in [5, 5.41) is 6.38. The van der Waals surface area contributed by atoms with Gasteiger partial charge in [-0.25, -0.2) is 9.98 Å². The van der Waals surface area contributed by atoms with Crippen LogP contribution in [-0.4, -0.2) is 65.8 Å². The summed E-state index contributed by atoms with van der Waals surface area (Å²) in [6, 6.07) is 0.334. The number of hydrogen-bond acceptors (Lipinski definition) is 4. The molecular weight excluding hydrogens is 318 g/mol. The Kier molecular flexibility index (Phi) is 7.38. The Labute approximate surface area is 141 Å². The summed E-state index contributed by atoms with van der Waals surface area (Å²) >= 11 is 0. The molecule has 0 aliphatic carbocycles. The molecule has 1 aliphatic rings. The second kappa shape index (κ2) is 9.53. The lowest BCUT2D eigenvalue weighted by Gasteiger charge is -2.32. The molecule has 1 aromatic rings. The summed E-state index contributed by atoms with van der Waals surface area (Å²) in [6.45, 7) is 6.37. The van der Waals surface area contributed by atoms with Gasteiger partial charge in [0, 0.05) is 44.6 Å². The maximum atomic E-state index is 12.8. The molecule has 9 heteroatoms. The van der Waals surface area contributed by atoms with Crippen molar-refractivity contribution in [1.82, 2.24) is 25.1 Å². The Morgan fingerprint density at radius 3 is 2.79 bits per heavy atom. The first-order valence-electron chi connectivity index (χ1n) is 8.25. The average molecular weight is 344 g/mol. The highest BCUT2D eigenvalue weighted by molar-refractivity contribution is 5.79. The monoisotopic (exact) mass is 344 g/mol. The van der Waals surface area contributed by atoms with Crippen LogP contribution in [0, 0.1) is 0 Å². The predicted molar refractivity (Wildman–Crippen MR) is 88.2 cm³/mol. The van der Waals surface area contributed by atoms with Gasteiger partial charge in [0.05, 0.1) is 13.2 Å². The van der Waals surface area contributed by atoms with Crippen LogP contribution in [0.25, 0.3) is 0 Å². The minimum absolute atomic E-state index is 0.0958. The number of alkyl halides is 2. The van der Waals surface area contributed by atoms with Gasteiger partial charge in [0.15, 0.2) is 5.96 Å². The van der Waals surface area contributed by atoms with E-state index in [2.05, 4.69) is 32.4 Å². The standard InChI is InChI=1S/C15H26F2N6O/c1-3-18-15(20-10-12(2)22-6-8-24-9-7-22)21-11-13-19-4-5-23(13)14(16)17/h4-5,12,14H,3,6-11H2,1-2H3,(H2,18,20,21). The van der Waals surface area contributed by atoms with E-state index in [0.29, 0.717) is 18.5 Å². The van der Waals surface area contributed by atoms with Crippen LogP contribution in [0.2, 0.25) is 0 Å².